The summed E-state index contributed by atoms with van der Waals surface area (Å²) in [6.45, 7) is 5.73. The van der Waals surface area contributed by atoms with Crippen molar-refractivity contribution in [2.45, 2.75) is 38.5 Å². The first kappa shape index (κ1) is 21.9. The number of hydrogen-bond acceptors (Lipinski definition) is 2. The van der Waals surface area contributed by atoms with E-state index in [2.05, 4.69) is 40.1 Å². The van der Waals surface area contributed by atoms with Crippen molar-refractivity contribution in [3.8, 4) is 0 Å². The summed E-state index contributed by atoms with van der Waals surface area (Å²) >= 11 is 0. The fourth-order valence-electron chi connectivity index (χ4n) is 2.40. The second kappa shape index (κ2) is 13.4. The van der Waals surface area contributed by atoms with Crippen LogP contribution < -0.4 is 5.32 Å². The average molecular weight is 433 g/mol. The number of allylic oxidation sites excluding steroid dienone is 1. The van der Waals surface area contributed by atoms with E-state index in [0.29, 0.717) is 0 Å². The van der Waals surface area contributed by atoms with Gasteiger partial charge >= 0.3 is 0 Å². The van der Waals surface area contributed by atoms with Gasteiger partial charge < -0.3 is 10.2 Å². The molecule has 0 aliphatic carbocycles. The zero-order valence-corrected chi connectivity index (χ0v) is 17.1. The van der Waals surface area contributed by atoms with E-state index in [-0.39, 0.29) is 24.0 Å². The molecule has 1 N–H and O–H groups in total. The lowest BCUT2D eigenvalue weighted by Crippen LogP contribution is -2.39. The molecule has 1 aromatic heterocycles. The van der Waals surface area contributed by atoms with Gasteiger partial charge in [-0.05, 0) is 37.7 Å². The SMILES string of the molecule is C=CCCCCCN(C)C(=NC)NCCCc1cnn(C)c1.I. The molecule has 0 fully saturated rings. The fraction of sp³-hybridized carbons (Fsp3) is 0.647. The zero-order valence-electron chi connectivity index (χ0n) is 14.8. The fourth-order valence-corrected chi connectivity index (χ4v) is 2.40. The molecule has 1 heterocycles. The molecule has 5 nitrogen and oxygen atoms in total. The van der Waals surface area contributed by atoms with E-state index in [1.165, 1.54) is 24.8 Å². The number of nitrogens with zero attached hydrogens (tertiary/aromatic N) is 4. The third-order valence-corrected chi connectivity index (χ3v) is 3.66. The van der Waals surface area contributed by atoms with Crippen molar-refractivity contribution in [1.82, 2.24) is 20.0 Å². The molecule has 0 amide bonds. The standard InChI is InChI=1S/C17H31N5.HI/c1-5-6-7-8-9-13-21(3)17(18-2)19-12-10-11-16-14-20-22(4)15-16;/h5,14-15H,1,6-13H2,2-4H3,(H,18,19);1H. The summed E-state index contributed by atoms with van der Waals surface area (Å²) in [6, 6.07) is 0. The molecule has 1 aromatic rings. The van der Waals surface area contributed by atoms with Crippen molar-refractivity contribution < 1.29 is 0 Å². The van der Waals surface area contributed by atoms with Crippen molar-refractivity contribution >= 4 is 29.9 Å². The summed E-state index contributed by atoms with van der Waals surface area (Å²) < 4.78 is 1.85. The van der Waals surface area contributed by atoms with Crippen LogP contribution in [0.5, 0.6) is 0 Å². The number of aliphatic imine (C=N–C) groups is 1. The minimum Gasteiger partial charge on any atom is -0.356 e. The van der Waals surface area contributed by atoms with Crippen LogP contribution in [0, 0.1) is 0 Å². The Morgan fingerprint density at radius 1 is 1.39 bits per heavy atom. The first-order valence-electron chi connectivity index (χ1n) is 8.17. The van der Waals surface area contributed by atoms with Gasteiger partial charge in [-0.3, -0.25) is 9.67 Å². The van der Waals surface area contributed by atoms with E-state index < -0.39 is 0 Å². The number of aromatic nitrogens is 2. The van der Waals surface area contributed by atoms with Gasteiger partial charge in [0.25, 0.3) is 0 Å². The number of aryl methyl sites for hydroxylation is 2. The van der Waals surface area contributed by atoms with E-state index in [1.807, 2.05) is 31.1 Å². The third kappa shape index (κ3) is 9.63. The molecule has 0 unspecified atom stereocenters. The molecule has 0 spiro atoms. The summed E-state index contributed by atoms with van der Waals surface area (Å²) in [7, 11) is 5.90. The number of rotatable bonds is 10. The van der Waals surface area contributed by atoms with Crippen LogP contribution in [0.25, 0.3) is 0 Å². The Morgan fingerprint density at radius 2 is 2.17 bits per heavy atom. The first-order chi connectivity index (χ1) is 10.7. The number of unbranched alkanes of at least 4 members (excludes halogenated alkanes) is 3. The Morgan fingerprint density at radius 3 is 2.78 bits per heavy atom. The van der Waals surface area contributed by atoms with Crippen molar-refractivity contribution in [1.29, 1.82) is 0 Å². The summed E-state index contributed by atoms with van der Waals surface area (Å²) in [6.07, 6.45) is 12.9. The molecule has 0 aliphatic rings. The molecule has 0 aromatic carbocycles. The lowest BCUT2D eigenvalue weighted by molar-refractivity contribution is 0.454. The Labute approximate surface area is 158 Å². The molecule has 23 heavy (non-hydrogen) atoms. The first-order valence-corrected chi connectivity index (χ1v) is 8.17. The second-order valence-electron chi connectivity index (χ2n) is 5.66. The highest BCUT2D eigenvalue weighted by molar-refractivity contribution is 14.0. The second-order valence-corrected chi connectivity index (χ2v) is 5.66. The van der Waals surface area contributed by atoms with E-state index in [0.717, 1.165) is 38.3 Å². The average Bonchev–Trinajstić information content (AvgIpc) is 2.92. The molecule has 0 saturated heterocycles. The number of hydrogen-bond donors (Lipinski definition) is 1. The molecule has 0 bridgehead atoms. The van der Waals surface area contributed by atoms with Crippen LogP contribution in [0.3, 0.4) is 0 Å². The van der Waals surface area contributed by atoms with Crippen LogP contribution in [0.4, 0.5) is 0 Å². The van der Waals surface area contributed by atoms with Crippen molar-refractivity contribution in [2.24, 2.45) is 12.0 Å². The molecule has 6 heteroatoms. The normalized spacial score (nSPS) is 11.0. The van der Waals surface area contributed by atoms with Gasteiger partial charge in [-0.25, -0.2) is 0 Å². The molecule has 1 rings (SSSR count). The van der Waals surface area contributed by atoms with E-state index >= 15 is 0 Å². The molecular formula is C17H32IN5. The maximum absolute atomic E-state index is 4.35. The monoisotopic (exact) mass is 433 g/mol. The van der Waals surface area contributed by atoms with Gasteiger partial charge in [0.2, 0.25) is 0 Å². The van der Waals surface area contributed by atoms with Crippen molar-refractivity contribution in [3.05, 3.63) is 30.6 Å². The van der Waals surface area contributed by atoms with Crippen LogP contribution in [-0.4, -0.2) is 47.8 Å². The molecule has 0 aliphatic heterocycles. The van der Waals surface area contributed by atoms with Gasteiger partial charge in [0.05, 0.1) is 6.20 Å². The predicted molar refractivity (Wildman–Crippen MR) is 110 cm³/mol. The Bertz CT molecular complexity index is 456. The summed E-state index contributed by atoms with van der Waals surface area (Å²) in [5.41, 5.74) is 1.29. The van der Waals surface area contributed by atoms with Crippen LogP contribution in [0.15, 0.2) is 30.0 Å². The molecule has 0 radical (unpaired) electrons. The van der Waals surface area contributed by atoms with Gasteiger partial charge in [-0.15, -0.1) is 30.6 Å². The minimum atomic E-state index is 0. The lowest BCUT2D eigenvalue weighted by Gasteiger charge is -2.22. The van der Waals surface area contributed by atoms with Gasteiger partial charge in [0.1, 0.15) is 0 Å². The number of guanidine groups is 1. The Hall–Kier alpha value is -1.05. The minimum absolute atomic E-state index is 0. The predicted octanol–water partition coefficient (Wildman–Crippen LogP) is 3.22. The Kier molecular flexibility index (Phi) is 12.8. The van der Waals surface area contributed by atoms with Crippen molar-refractivity contribution in [3.63, 3.8) is 0 Å². The van der Waals surface area contributed by atoms with Crippen LogP contribution >= 0.6 is 24.0 Å². The molecular weight excluding hydrogens is 401 g/mol. The summed E-state index contributed by atoms with van der Waals surface area (Å²) in [5.74, 6) is 0.981. The van der Waals surface area contributed by atoms with E-state index in [1.54, 1.807) is 0 Å². The molecule has 132 valence electrons. The quantitative estimate of drug-likeness (QED) is 0.203. The van der Waals surface area contributed by atoms with Gasteiger partial charge in [-0.2, -0.15) is 5.10 Å². The van der Waals surface area contributed by atoms with Crippen LogP contribution in [0.2, 0.25) is 0 Å². The third-order valence-electron chi connectivity index (χ3n) is 3.66. The lowest BCUT2D eigenvalue weighted by atomic mass is 10.2. The zero-order chi connectivity index (χ0) is 16.2. The maximum Gasteiger partial charge on any atom is 0.193 e. The number of nitrogens with one attached hydrogen (secondary N) is 1. The van der Waals surface area contributed by atoms with Gasteiger partial charge in [0.15, 0.2) is 5.96 Å². The molecule has 0 atom stereocenters. The highest BCUT2D eigenvalue weighted by Crippen LogP contribution is 2.02. The highest BCUT2D eigenvalue weighted by Gasteiger charge is 2.04. The Balaban J connectivity index is 0.00000484. The van der Waals surface area contributed by atoms with Crippen molar-refractivity contribution in [2.75, 3.05) is 27.2 Å². The molecule has 0 saturated carbocycles. The van der Waals surface area contributed by atoms with Crippen LogP contribution in [-0.2, 0) is 13.5 Å². The summed E-state index contributed by atoms with van der Waals surface area (Å²) in [4.78, 5) is 6.56. The number of halogens is 1. The van der Waals surface area contributed by atoms with Crippen LogP contribution in [0.1, 0.15) is 37.7 Å². The largest absolute Gasteiger partial charge is 0.356 e. The highest BCUT2D eigenvalue weighted by atomic mass is 127. The smallest absolute Gasteiger partial charge is 0.193 e. The van der Waals surface area contributed by atoms with Gasteiger partial charge in [0, 0.05) is 40.4 Å². The maximum atomic E-state index is 4.35. The summed E-state index contributed by atoms with van der Waals surface area (Å²) in [5, 5.41) is 7.62. The van der Waals surface area contributed by atoms with E-state index in [4.69, 9.17) is 0 Å². The van der Waals surface area contributed by atoms with E-state index in [9.17, 15) is 0 Å². The van der Waals surface area contributed by atoms with Gasteiger partial charge in [-0.1, -0.05) is 12.5 Å². The topological polar surface area (TPSA) is 45.4 Å².